The molecule has 4 rings (SSSR count). The molecule has 2 saturated heterocycles. The molecule has 1 aromatic carbocycles. The average molecular weight is 383 g/mol. The van der Waals surface area contributed by atoms with Crippen LogP contribution in [0.1, 0.15) is 21.8 Å². The van der Waals surface area contributed by atoms with Gasteiger partial charge in [0.15, 0.2) is 0 Å². The lowest BCUT2D eigenvalue weighted by atomic mass is 9.90. The van der Waals surface area contributed by atoms with E-state index in [4.69, 9.17) is 4.74 Å². The molecule has 8 heteroatoms. The number of morpholine rings is 1. The van der Waals surface area contributed by atoms with E-state index < -0.39 is 0 Å². The Balaban J connectivity index is 1.51. The van der Waals surface area contributed by atoms with Gasteiger partial charge >= 0.3 is 0 Å². The van der Waals surface area contributed by atoms with Crippen molar-refractivity contribution in [1.82, 2.24) is 20.0 Å². The van der Waals surface area contributed by atoms with Crippen LogP contribution in [-0.2, 0) is 16.6 Å². The molecule has 148 valence electrons. The first kappa shape index (κ1) is 18.6. The first-order chi connectivity index (χ1) is 13.6. The van der Waals surface area contributed by atoms with Crippen LogP contribution in [0.15, 0.2) is 36.7 Å². The SMILES string of the molecule is Cn1cc([C@H]2CNC[C@@H]2C(=O)Nc2ccccc2C(=O)N2CCOCC2)cn1. The van der Waals surface area contributed by atoms with Gasteiger partial charge in [-0.25, -0.2) is 0 Å². The lowest BCUT2D eigenvalue weighted by Crippen LogP contribution is -2.41. The molecule has 28 heavy (non-hydrogen) atoms. The highest BCUT2D eigenvalue weighted by Crippen LogP contribution is 2.29. The first-order valence-electron chi connectivity index (χ1n) is 9.59. The van der Waals surface area contributed by atoms with Gasteiger partial charge in [0.2, 0.25) is 5.91 Å². The second-order valence-electron chi connectivity index (χ2n) is 7.26. The fourth-order valence-electron chi connectivity index (χ4n) is 3.88. The number of aromatic nitrogens is 2. The number of nitrogens with zero attached hydrogens (tertiary/aromatic N) is 3. The Kier molecular flexibility index (Phi) is 5.40. The van der Waals surface area contributed by atoms with E-state index in [2.05, 4.69) is 15.7 Å². The van der Waals surface area contributed by atoms with E-state index in [-0.39, 0.29) is 23.7 Å². The van der Waals surface area contributed by atoms with E-state index in [1.165, 1.54) is 0 Å². The number of hydrogen-bond acceptors (Lipinski definition) is 5. The highest BCUT2D eigenvalue weighted by atomic mass is 16.5. The third-order valence-corrected chi connectivity index (χ3v) is 5.42. The summed E-state index contributed by atoms with van der Waals surface area (Å²) in [6, 6.07) is 7.20. The minimum Gasteiger partial charge on any atom is -0.378 e. The molecule has 2 aliphatic rings. The fraction of sp³-hybridized carbons (Fsp3) is 0.450. The van der Waals surface area contributed by atoms with Crippen molar-refractivity contribution in [2.75, 3.05) is 44.7 Å². The maximum atomic E-state index is 13.0. The molecule has 0 saturated carbocycles. The number of benzene rings is 1. The van der Waals surface area contributed by atoms with E-state index in [0.29, 0.717) is 44.1 Å². The number of aryl methyl sites for hydroxylation is 1. The van der Waals surface area contributed by atoms with Crippen LogP contribution < -0.4 is 10.6 Å². The highest BCUT2D eigenvalue weighted by Gasteiger charge is 2.35. The Morgan fingerprint density at radius 2 is 2.00 bits per heavy atom. The number of carbonyl (C=O) groups excluding carboxylic acids is 2. The van der Waals surface area contributed by atoms with Gasteiger partial charge in [0.1, 0.15) is 0 Å². The summed E-state index contributed by atoms with van der Waals surface area (Å²) in [7, 11) is 1.87. The molecule has 0 radical (unpaired) electrons. The third-order valence-electron chi connectivity index (χ3n) is 5.42. The molecule has 2 aromatic rings. The largest absolute Gasteiger partial charge is 0.378 e. The van der Waals surface area contributed by atoms with Crippen molar-refractivity contribution in [3.8, 4) is 0 Å². The van der Waals surface area contributed by atoms with Crippen LogP contribution in [0.5, 0.6) is 0 Å². The summed E-state index contributed by atoms with van der Waals surface area (Å²) in [5.74, 6) is -0.305. The standard InChI is InChI=1S/C20H25N5O3/c1-24-13-14(10-22-24)16-11-21-12-17(16)19(26)23-18-5-3-2-4-15(18)20(27)25-6-8-28-9-7-25/h2-5,10,13,16-17,21H,6-9,11-12H2,1H3,(H,23,26)/t16-,17+/m1/s1. The number of rotatable bonds is 4. The number of nitrogens with one attached hydrogen (secondary N) is 2. The molecule has 8 nitrogen and oxygen atoms in total. The average Bonchev–Trinajstić information content (AvgIpc) is 3.37. The molecule has 2 atom stereocenters. The minimum absolute atomic E-state index is 0.0656. The summed E-state index contributed by atoms with van der Waals surface area (Å²) in [5.41, 5.74) is 2.12. The van der Waals surface area contributed by atoms with Crippen molar-refractivity contribution in [1.29, 1.82) is 0 Å². The normalized spacial score (nSPS) is 22.2. The van der Waals surface area contributed by atoms with Gasteiger partial charge in [0.25, 0.3) is 5.91 Å². The molecule has 3 heterocycles. The van der Waals surface area contributed by atoms with Gasteiger partial charge in [-0.3, -0.25) is 14.3 Å². The Morgan fingerprint density at radius 3 is 2.75 bits per heavy atom. The zero-order valence-electron chi connectivity index (χ0n) is 15.9. The molecule has 0 unspecified atom stereocenters. The van der Waals surface area contributed by atoms with Gasteiger partial charge in [-0.1, -0.05) is 12.1 Å². The molecule has 2 aliphatic heterocycles. The second kappa shape index (κ2) is 8.12. The number of carbonyl (C=O) groups is 2. The van der Waals surface area contributed by atoms with Crippen LogP contribution in [0.2, 0.25) is 0 Å². The van der Waals surface area contributed by atoms with E-state index in [0.717, 1.165) is 12.1 Å². The Hall–Kier alpha value is -2.71. The summed E-state index contributed by atoms with van der Waals surface area (Å²) in [6.45, 7) is 3.55. The summed E-state index contributed by atoms with van der Waals surface area (Å²) in [4.78, 5) is 27.7. The molecule has 0 spiro atoms. The molecular formula is C20H25N5O3. The van der Waals surface area contributed by atoms with Crippen LogP contribution in [-0.4, -0.2) is 65.9 Å². The Labute approximate surface area is 163 Å². The Bertz CT molecular complexity index is 859. The lowest BCUT2D eigenvalue weighted by Gasteiger charge is -2.27. The maximum Gasteiger partial charge on any atom is 0.256 e. The predicted octanol–water partition coefficient (Wildman–Crippen LogP) is 0.834. The number of ether oxygens (including phenoxy) is 1. The predicted molar refractivity (Wildman–Crippen MR) is 104 cm³/mol. The molecule has 0 bridgehead atoms. The molecule has 1 aromatic heterocycles. The van der Waals surface area contributed by atoms with Crippen molar-refractivity contribution in [3.05, 3.63) is 47.8 Å². The molecule has 2 N–H and O–H groups in total. The van der Waals surface area contributed by atoms with Gasteiger partial charge in [0.05, 0.1) is 36.6 Å². The smallest absolute Gasteiger partial charge is 0.256 e. The molecule has 2 amide bonds. The summed E-state index contributed by atoms with van der Waals surface area (Å²) < 4.78 is 7.08. The molecular weight excluding hydrogens is 358 g/mol. The van der Waals surface area contributed by atoms with Crippen LogP contribution in [0.25, 0.3) is 0 Å². The Morgan fingerprint density at radius 1 is 1.21 bits per heavy atom. The van der Waals surface area contributed by atoms with Crippen LogP contribution in [0, 0.1) is 5.92 Å². The van der Waals surface area contributed by atoms with Gasteiger partial charge in [-0.2, -0.15) is 5.10 Å². The van der Waals surface area contributed by atoms with Crippen LogP contribution in [0.3, 0.4) is 0 Å². The van der Waals surface area contributed by atoms with Gasteiger partial charge < -0.3 is 20.3 Å². The summed E-state index contributed by atoms with van der Waals surface area (Å²) in [5, 5.41) is 10.5. The van der Waals surface area contributed by atoms with Crippen molar-refractivity contribution in [3.63, 3.8) is 0 Å². The van der Waals surface area contributed by atoms with E-state index >= 15 is 0 Å². The van der Waals surface area contributed by atoms with E-state index in [1.807, 2.05) is 31.6 Å². The van der Waals surface area contributed by atoms with Gasteiger partial charge in [-0.15, -0.1) is 0 Å². The number of hydrogen-bond donors (Lipinski definition) is 2. The molecule has 2 fully saturated rings. The van der Waals surface area contributed by atoms with Crippen molar-refractivity contribution in [2.45, 2.75) is 5.92 Å². The quantitative estimate of drug-likeness (QED) is 0.817. The van der Waals surface area contributed by atoms with E-state index in [1.54, 1.807) is 21.7 Å². The second-order valence-corrected chi connectivity index (χ2v) is 7.26. The fourth-order valence-corrected chi connectivity index (χ4v) is 3.88. The monoisotopic (exact) mass is 383 g/mol. The minimum atomic E-state index is -0.212. The van der Waals surface area contributed by atoms with Crippen molar-refractivity contribution >= 4 is 17.5 Å². The lowest BCUT2D eigenvalue weighted by molar-refractivity contribution is -0.119. The third kappa shape index (κ3) is 3.79. The van der Waals surface area contributed by atoms with Crippen molar-refractivity contribution < 1.29 is 14.3 Å². The zero-order chi connectivity index (χ0) is 19.5. The number of amides is 2. The summed E-state index contributed by atoms with van der Waals surface area (Å²) >= 11 is 0. The van der Waals surface area contributed by atoms with Gasteiger partial charge in [0, 0.05) is 45.3 Å². The maximum absolute atomic E-state index is 13.0. The number of para-hydroxylation sites is 1. The van der Waals surface area contributed by atoms with Gasteiger partial charge in [-0.05, 0) is 17.7 Å². The van der Waals surface area contributed by atoms with E-state index in [9.17, 15) is 9.59 Å². The summed E-state index contributed by atoms with van der Waals surface area (Å²) in [6.07, 6.45) is 3.77. The molecule has 0 aliphatic carbocycles. The highest BCUT2D eigenvalue weighted by molar-refractivity contribution is 6.04. The first-order valence-corrected chi connectivity index (χ1v) is 9.59. The van der Waals surface area contributed by atoms with Crippen molar-refractivity contribution in [2.24, 2.45) is 13.0 Å². The topological polar surface area (TPSA) is 88.5 Å². The number of anilines is 1. The zero-order valence-corrected chi connectivity index (χ0v) is 15.9. The van der Waals surface area contributed by atoms with Crippen LogP contribution in [0.4, 0.5) is 5.69 Å². The van der Waals surface area contributed by atoms with Crippen LogP contribution >= 0.6 is 0 Å².